The first-order chi connectivity index (χ1) is 36.7. The normalized spacial score (nSPS) is 21.0. The molecule has 17 nitrogen and oxygen atoms in total. The Morgan fingerprint density at radius 2 is 1.55 bits per heavy atom. The van der Waals surface area contributed by atoms with Crippen LogP contribution < -0.4 is 19.5 Å². The first-order valence-electron chi connectivity index (χ1n) is 27.3. The van der Waals surface area contributed by atoms with Crippen LogP contribution in [-0.4, -0.2) is 108 Å². The van der Waals surface area contributed by atoms with Gasteiger partial charge in [-0.15, -0.1) is 6.58 Å². The molecule has 17 heteroatoms. The maximum atomic E-state index is 14.9. The van der Waals surface area contributed by atoms with E-state index in [1.165, 1.54) is 74.1 Å². The second-order valence-corrected chi connectivity index (χ2v) is 19.7. The van der Waals surface area contributed by atoms with E-state index in [0.717, 1.165) is 48.8 Å². The van der Waals surface area contributed by atoms with Crippen molar-refractivity contribution in [1.29, 1.82) is 0 Å². The minimum absolute atomic E-state index is 0.00108. The van der Waals surface area contributed by atoms with Crippen LogP contribution >= 0.6 is 0 Å². The van der Waals surface area contributed by atoms with E-state index in [1.54, 1.807) is 18.2 Å². The number of aliphatic hydroxyl groups is 3. The Balaban J connectivity index is 1.43. The fourth-order valence-electron chi connectivity index (χ4n) is 10.9. The number of nitro groups is 1. The lowest BCUT2D eigenvalue weighted by Crippen LogP contribution is -2.70. The van der Waals surface area contributed by atoms with E-state index in [-0.39, 0.29) is 82.5 Å². The molecule has 410 valence electrons. The fraction of sp³-hybridized carbons (Fsp3) is 0.569. The number of hydrogen-bond acceptors (Lipinski definition) is 14. The van der Waals surface area contributed by atoms with Gasteiger partial charge in [-0.2, -0.15) is 0 Å². The molecule has 3 aliphatic rings. The van der Waals surface area contributed by atoms with Crippen molar-refractivity contribution >= 4 is 23.6 Å². The monoisotopic (exact) mass is 1040 g/mol. The van der Waals surface area contributed by atoms with Gasteiger partial charge in [0.15, 0.2) is 0 Å². The summed E-state index contributed by atoms with van der Waals surface area (Å²) < 4.78 is 32.2. The Hall–Kier alpha value is -5.85. The van der Waals surface area contributed by atoms with Gasteiger partial charge >= 0.3 is 12.2 Å². The van der Waals surface area contributed by atoms with Crippen LogP contribution in [0.15, 0.2) is 102 Å². The third kappa shape index (κ3) is 16.6. The number of non-ortho nitro benzene ring substituents is 1. The topological polar surface area (TPSA) is 221 Å². The van der Waals surface area contributed by atoms with Gasteiger partial charge in [-0.3, -0.25) is 15.0 Å². The van der Waals surface area contributed by atoms with Crippen LogP contribution in [-0.2, 0) is 20.9 Å². The van der Waals surface area contributed by atoms with Crippen molar-refractivity contribution < 1.29 is 58.4 Å². The fourth-order valence-corrected chi connectivity index (χ4v) is 10.9. The SMILES string of the molecule is C=CCOC12Oc3ccc(OC(=O)NCCCCCCCCCCCC)cc3C3C(CCCCO)C(CCCCO)C=C(C(=NOCc4ccccc4)CC1N(CCOCCO)C(=O)Oc1ccc([N+](=O)[O-])cc1)C32. The molecular weight excluding hydrogens is 961 g/mol. The number of unbranched alkanes of at least 4 members (excludes halogenated alkanes) is 11. The molecular formula is C58H80N4O13. The number of nitrogens with zero attached hydrogens (tertiary/aromatic N) is 3. The molecule has 1 saturated carbocycles. The van der Waals surface area contributed by atoms with Gasteiger partial charge in [-0.05, 0) is 85.4 Å². The molecule has 0 spiro atoms. The summed E-state index contributed by atoms with van der Waals surface area (Å²) in [5.74, 6) is -2.12. The Morgan fingerprint density at radius 1 is 0.853 bits per heavy atom. The average Bonchev–Trinajstić information content (AvgIpc) is 3.46. The zero-order chi connectivity index (χ0) is 53.3. The summed E-state index contributed by atoms with van der Waals surface area (Å²) in [6.45, 7) is 6.60. The highest BCUT2D eigenvalue weighted by Crippen LogP contribution is 2.62. The van der Waals surface area contributed by atoms with E-state index in [1.807, 2.05) is 36.4 Å². The van der Waals surface area contributed by atoms with E-state index in [9.17, 15) is 35.0 Å². The van der Waals surface area contributed by atoms with Gasteiger partial charge in [0, 0.05) is 56.3 Å². The molecule has 0 bridgehead atoms. The number of aliphatic hydroxyl groups excluding tert-OH is 3. The Kier molecular flexibility index (Phi) is 24.3. The molecule has 6 rings (SSSR count). The number of carbonyl (C=O) groups excluding carboxylic acids is 2. The van der Waals surface area contributed by atoms with Crippen LogP contribution in [0.1, 0.15) is 133 Å². The molecule has 75 heavy (non-hydrogen) atoms. The number of nitro benzene ring substituents is 1. The quantitative estimate of drug-likeness (QED) is 0.0189. The average molecular weight is 1040 g/mol. The molecule has 3 aromatic carbocycles. The molecule has 4 N–H and O–H groups in total. The van der Waals surface area contributed by atoms with Crippen LogP contribution in [0.25, 0.3) is 0 Å². The zero-order valence-corrected chi connectivity index (χ0v) is 43.8. The predicted molar refractivity (Wildman–Crippen MR) is 286 cm³/mol. The van der Waals surface area contributed by atoms with Gasteiger partial charge in [0.2, 0.25) is 5.79 Å². The number of allylic oxidation sites excluding steroid dienone is 1. The van der Waals surface area contributed by atoms with Crippen LogP contribution in [0.5, 0.6) is 17.2 Å². The third-order valence-corrected chi connectivity index (χ3v) is 14.5. The summed E-state index contributed by atoms with van der Waals surface area (Å²) in [4.78, 5) is 47.0. The van der Waals surface area contributed by atoms with Gasteiger partial charge in [0.25, 0.3) is 5.69 Å². The van der Waals surface area contributed by atoms with Crippen molar-refractivity contribution in [3.05, 3.63) is 118 Å². The van der Waals surface area contributed by atoms with E-state index < -0.39 is 40.8 Å². The molecule has 3 aromatic rings. The summed E-state index contributed by atoms with van der Waals surface area (Å²) in [6, 6.07) is 19.1. The molecule has 6 unspecified atom stereocenters. The first kappa shape index (κ1) is 58.4. The molecule has 1 fully saturated rings. The number of rotatable bonds is 34. The molecule has 6 atom stereocenters. The minimum atomic E-state index is -1.66. The number of fused-ring (bicyclic) bond motifs is 2. The molecule has 0 saturated heterocycles. The molecule has 1 heterocycles. The smallest absolute Gasteiger partial charge is 0.415 e. The van der Waals surface area contributed by atoms with Crippen LogP contribution in [0.4, 0.5) is 15.3 Å². The van der Waals surface area contributed by atoms with Crippen molar-refractivity contribution in [3.8, 4) is 17.2 Å². The van der Waals surface area contributed by atoms with Crippen LogP contribution in [0.2, 0.25) is 0 Å². The van der Waals surface area contributed by atoms with Crippen molar-refractivity contribution in [2.75, 3.05) is 52.7 Å². The predicted octanol–water partition coefficient (Wildman–Crippen LogP) is 10.9. The lowest BCUT2D eigenvalue weighted by Gasteiger charge is -2.59. The van der Waals surface area contributed by atoms with Crippen LogP contribution in [0, 0.1) is 27.9 Å². The summed E-state index contributed by atoms with van der Waals surface area (Å²) in [5, 5.41) is 49.1. The number of ether oxygens (including phenoxy) is 5. The third-order valence-electron chi connectivity index (χ3n) is 14.5. The Morgan fingerprint density at radius 3 is 2.23 bits per heavy atom. The highest BCUT2D eigenvalue weighted by Gasteiger charge is 2.65. The second kappa shape index (κ2) is 31.3. The largest absolute Gasteiger partial charge is 0.459 e. The van der Waals surface area contributed by atoms with E-state index >= 15 is 0 Å². The van der Waals surface area contributed by atoms with Gasteiger partial charge in [-0.25, -0.2) is 9.59 Å². The molecule has 2 amide bonds. The summed E-state index contributed by atoms with van der Waals surface area (Å²) >= 11 is 0. The second-order valence-electron chi connectivity index (χ2n) is 19.7. The lowest BCUT2D eigenvalue weighted by molar-refractivity contribution is -0.384. The lowest BCUT2D eigenvalue weighted by atomic mass is 9.55. The number of carbonyl (C=O) groups is 2. The molecule has 1 aliphatic heterocycles. The van der Waals surface area contributed by atoms with Gasteiger partial charge < -0.3 is 49.2 Å². The summed E-state index contributed by atoms with van der Waals surface area (Å²) in [6.07, 6.45) is 18.3. The highest BCUT2D eigenvalue weighted by molar-refractivity contribution is 6.03. The number of oxime groups is 1. The molecule has 2 aliphatic carbocycles. The van der Waals surface area contributed by atoms with Crippen LogP contribution in [0.3, 0.4) is 0 Å². The standard InChI is InChI=1S/C58H80N4O13/c1-3-5-6-7-8-9-10-11-12-18-31-59-56(66)73-47-29-30-52-50(40-47)54-48(24-17-20-34-64)44(23-16-19-33-63)39-49-51(60-72-42-43-21-14-13-15-22-43)41-53(58(75-52,55(49)54)71-36-4-2)61(32-37-70-38-35-65)57(67)74-46-27-25-45(26-28-46)62(68)69/h4,13-15,21-22,25-30,39-40,44,48,53-55,63-65H,2-3,5-12,16-20,23-24,31-38,41-42H2,1H3,(H,59,66). The summed E-state index contributed by atoms with van der Waals surface area (Å²) in [5.41, 5.74) is 2.82. The van der Waals surface area contributed by atoms with Crippen molar-refractivity contribution in [1.82, 2.24) is 10.2 Å². The van der Waals surface area contributed by atoms with Gasteiger partial charge in [-0.1, -0.05) is 125 Å². The zero-order valence-electron chi connectivity index (χ0n) is 43.8. The Labute approximate surface area is 442 Å². The summed E-state index contributed by atoms with van der Waals surface area (Å²) in [7, 11) is 0. The van der Waals surface area contributed by atoms with E-state index in [4.69, 9.17) is 33.7 Å². The van der Waals surface area contributed by atoms with Crippen molar-refractivity contribution in [2.45, 2.75) is 140 Å². The Bertz CT molecular complexity index is 2300. The number of benzene rings is 3. The number of hydrogen-bond donors (Lipinski definition) is 4. The maximum Gasteiger partial charge on any atom is 0.415 e. The molecule has 0 aromatic heterocycles. The van der Waals surface area contributed by atoms with Crippen molar-refractivity contribution in [2.24, 2.45) is 22.9 Å². The van der Waals surface area contributed by atoms with Gasteiger partial charge in [0.05, 0.1) is 43.0 Å². The maximum absolute atomic E-state index is 14.9. The van der Waals surface area contributed by atoms with Gasteiger partial charge in [0.1, 0.15) is 29.9 Å². The van der Waals surface area contributed by atoms with Crippen molar-refractivity contribution in [3.63, 3.8) is 0 Å². The first-order valence-corrected chi connectivity index (χ1v) is 27.3. The number of amides is 2. The number of nitrogens with one attached hydrogen (secondary N) is 1. The highest BCUT2D eigenvalue weighted by atomic mass is 16.7. The van der Waals surface area contributed by atoms with E-state index in [0.29, 0.717) is 49.4 Å². The molecule has 0 radical (unpaired) electrons. The minimum Gasteiger partial charge on any atom is -0.459 e. The van der Waals surface area contributed by atoms with E-state index in [2.05, 4.69) is 24.9 Å².